The van der Waals surface area contributed by atoms with E-state index >= 15 is 0 Å². The van der Waals surface area contributed by atoms with Gasteiger partial charge in [0.25, 0.3) is 0 Å². The van der Waals surface area contributed by atoms with E-state index in [0.717, 1.165) is 11.4 Å². The maximum absolute atomic E-state index is 10.4. The highest BCUT2D eigenvalue weighted by molar-refractivity contribution is 6.30. The Balaban J connectivity index is 2.04. The van der Waals surface area contributed by atoms with Crippen LogP contribution in [0.4, 0.5) is 0 Å². The summed E-state index contributed by atoms with van der Waals surface area (Å²) in [6.45, 7) is 4.25. The van der Waals surface area contributed by atoms with Crippen LogP contribution in [0.3, 0.4) is 0 Å². The Labute approximate surface area is 124 Å². The Morgan fingerprint density at radius 2 is 1.90 bits per heavy atom. The van der Waals surface area contributed by atoms with Crippen LogP contribution in [0.2, 0.25) is 5.02 Å². The summed E-state index contributed by atoms with van der Waals surface area (Å²) in [4.78, 5) is 4.07. The van der Waals surface area contributed by atoms with Crippen molar-refractivity contribution in [3.05, 3.63) is 47.0 Å². The van der Waals surface area contributed by atoms with Crippen molar-refractivity contribution in [2.24, 2.45) is 11.8 Å². The van der Waals surface area contributed by atoms with Crippen molar-refractivity contribution in [2.45, 2.75) is 32.8 Å². The summed E-state index contributed by atoms with van der Waals surface area (Å²) in [5.74, 6) is 1.19. The summed E-state index contributed by atoms with van der Waals surface area (Å²) in [7, 11) is 0. The molecule has 4 nitrogen and oxygen atoms in total. The third-order valence-corrected chi connectivity index (χ3v) is 3.84. The van der Waals surface area contributed by atoms with E-state index in [-0.39, 0.29) is 5.92 Å². The number of aliphatic hydroxyl groups is 1. The first-order chi connectivity index (χ1) is 9.56. The van der Waals surface area contributed by atoms with E-state index in [0.29, 0.717) is 18.2 Å². The minimum Gasteiger partial charge on any atom is -0.392 e. The minimum absolute atomic E-state index is 0.162. The van der Waals surface area contributed by atoms with Gasteiger partial charge in [-0.2, -0.15) is 5.10 Å². The fraction of sp³-hybridized carbons (Fsp3) is 0.467. The fourth-order valence-electron chi connectivity index (χ4n) is 2.38. The summed E-state index contributed by atoms with van der Waals surface area (Å²) < 4.78 is 0. The molecule has 108 valence electrons. The zero-order valence-corrected chi connectivity index (χ0v) is 12.5. The molecule has 0 aliphatic rings. The van der Waals surface area contributed by atoms with Crippen LogP contribution in [0.5, 0.6) is 0 Å². The van der Waals surface area contributed by atoms with Gasteiger partial charge < -0.3 is 5.11 Å². The van der Waals surface area contributed by atoms with E-state index in [1.54, 1.807) is 0 Å². The molecule has 0 saturated heterocycles. The van der Waals surface area contributed by atoms with Crippen LogP contribution in [-0.4, -0.2) is 26.4 Å². The van der Waals surface area contributed by atoms with Gasteiger partial charge in [0, 0.05) is 11.4 Å². The highest BCUT2D eigenvalue weighted by atomic mass is 35.5. The van der Waals surface area contributed by atoms with Gasteiger partial charge >= 0.3 is 0 Å². The lowest BCUT2D eigenvalue weighted by molar-refractivity contribution is 0.0798. The molecule has 2 rings (SSSR count). The normalized spacial score (nSPS) is 14.4. The first-order valence-electron chi connectivity index (χ1n) is 6.83. The van der Waals surface area contributed by atoms with Crippen LogP contribution in [-0.2, 0) is 12.8 Å². The van der Waals surface area contributed by atoms with Gasteiger partial charge in [0.15, 0.2) is 5.82 Å². The lowest BCUT2D eigenvalue weighted by Gasteiger charge is -2.26. The van der Waals surface area contributed by atoms with Crippen molar-refractivity contribution in [2.75, 3.05) is 0 Å². The lowest BCUT2D eigenvalue weighted by atomic mass is 9.83. The molecule has 0 saturated carbocycles. The minimum atomic E-state index is -0.457. The van der Waals surface area contributed by atoms with Crippen LogP contribution >= 0.6 is 11.6 Å². The first-order valence-corrected chi connectivity index (χ1v) is 7.21. The number of aromatic nitrogens is 3. The van der Waals surface area contributed by atoms with Crippen LogP contribution in [0.25, 0.3) is 0 Å². The Bertz CT molecular complexity index is 510. The summed E-state index contributed by atoms with van der Waals surface area (Å²) >= 11 is 5.90. The third-order valence-electron chi connectivity index (χ3n) is 3.59. The molecule has 0 radical (unpaired) electrons. The second-order valence-electron chi connectivity index (χ2n) is 5.43. The SMILES string of the molecule is CC(C)C(Cc1ccc(Cl)cc1)C(O)Cc1nc[nH]n1. The van der Waals surface area contributed by atoms with E-state index < -0.39 is 6.10 Å². The molecule has 1 aromatic heterocycles. The molecule has 1 heterocycles. The molecule has 0 amide bonds. The molecule has 0 fully saturated rings. The second-order valence-corrected chi connectivity index (χ2v) is 5.86. The number of benzene rings is 1. The van der Waals surface area contributed by atoms with Gasteiger partial charge in [0.05, 0.1) is 6.10 Å². The first kappa shape index (κ1) is 15.0. The van der Waals surface area contributed by atoms with Crippen molar-refractivity contribution in [1.29, 1.82) is 0 Å². The Morgan fingerprint density at radius 3 is 2.45 bits per heavy atom. The Morgan fingerprint density at radius 1 is 1.20 bits per heavy atom. The number of hydrogen-bond acceptors (Lipinski definition) is 3. The number of rotatable bonds is 6. The Hall–Kier alpha value is -1.39. The molecule has 0 aliphatic heterocycles. The molecule has 20 heavy (non-hydrogen) atoms. The fourth-order valence-corrected chi connectivity index (χ4v) is 2.51. The molecule has 0 bridgehead atoms. The zero-order chi connectivity index (χ0) is 14.5. The number of aliphatic hydroxyl groups excluding tert-OH is 1. The van der Waals surface area contributed by atoms with Gasteiger partial charge in [-0.05, 0) is 36.0 Å². The Kier molecular flexibility index (Phi) is 5.15. The van der Waals surface area contributed by atoms with E-state index in [2.05, 4.69) is 29.0 Å². The highest BCUT2D eigenvalue weighted by Gasteiger charge is 2.24. The number of halogens is 1. The molecule has 0 aliphatic carbocycles. The maximum atomic E-state index is 10.4. The molecule has 2 aromatic rings. The number of nitrogens with one attached hydrogen (secondary N) is 1. The van der Waals surface area contributed by atoms with Crippen molar-refractivity contribution in [3.63, 3.8) is 0 Å². The molecular formula is C15H20ClN3O. The van der Waals surface area contributed by atoms with Gasteiger partial charge in [-0.15, -0.1) is 0 Å². The van der Waals surface area contributed by atoms with E-state index in [4.69, 9.17) is 11.6 Å². The van der Waals surface area contributed by atoms with E-state index in [9.17, 15) is 5.11 Å². The second kappa shape index (κ2) is 6.86. The predicted molar refractivity (Wildman–Crippen MR) is 79.6 cm³/mol. The van der Waals surface area contributed by atoms with Gasteiger partial charge in [-0.1, -0.05) is 37.6 Å². The topological polar surface area (TPSA) is 61.8 Å². The van der Waals surface area contributed by atoms with Crippen molar-refractivity contribution < 1.29 is 5.11 Å². The van der Waals surface area contributed by atoms with Gasteiger partial charge in [0.2, 0.25) is 0 Å². The largest absolute Gasteiger partial charge is 0.392 e. The number of hydrogen-bond donors (Lipinski definition) is 2. The quantitative estimate of drug-likeness (QED) is 0.861. The maximum Gasteiger partial charge on any atom is 0.152 e. The smallest absolute Gasteiger partial charge is 0.152 e. The van der Waals surface area contributed by atoms with Crippen LogP contribution < -0.4 is 0 Å². The van der Waals surface area contributed by atoms with E-state index in [1.165, 1.54) is 11.9 Å². The van der Waals surface area contributed by atoms with E-state index in [1.807, 2.05) is 24.3 Å². The standard InChI is InChI=1S/C15H20ClN3O/c1-10(2)13(7-11-3-5-12(16)6-4-11)14(20)8-15-17-9-18-19-15/h3-6,9-10,13-14,20H,7-8H2,1-2H3,(H,17,18,19). The monoisotopic (exact) mass is 293 g/mol. The number of nitrogens with zero attached hydrogens (tertiary/aromatic N) is 2. The van der Waals surface area contributed by atoms with Crippen molar-refractivity contribution in [1.82, 2.24) is 15.2 Å². The summed E-state index contributed by atoms with van der Waals surface area (Å²) in [6.07, 6.45) is 2.37. The average molecular weight is 294 g/mol. The molecule has 1 aromatic carbocycles. The van der Waals surface area contributed by atoms with Crippen molar-refractivity contribution >= 4 is 11.6 Å². The molecular weight excluding hydrogens is 274 g/mol. The summed E-state index contributed by atoms with van der Waals surface area (Å²) in [5.41, 5.74) is 1.18. The highest BCUT2D eigenvalue weighted by Crippen LogP contribution is 2.23. The number of aromatic amines is 1. The lowest BCUT2D eigenvalue weighted by Crippen LogP contribution is -2.29. The molecule has 5 heteroatoms. The number of H-pyrrole nitrogens is 1. The van der Waals surface area contributed by atoms with Gasteiger partial charge in [-0.25, -0.2) is 4.98 Å². The van der Waals surface area contributed by atoms with Crippen molar-refractivity contribution in [3.8, 4) is 0 Å². The summed E-state index contributed by atoms with van der Waals surface area (Å²) in [6, 6.07) is 7.79. The molecule has 2 unspecified atom stereocenters. The van der Waals surface area contributed by atoms with Gasteiger partial charge in [-0.3, -0.25) is 5.10 Å². The third kappa shape index (κ3) is 4.05. The predicted octanol–water partition coefficient (Wildman–Crippen LogP) is 2.88. The summed E-state index contributed by atoms with van der Waals surface area (Å²) in [5, 5.41) is 17.9. The van der Waals surface area contributed by atoms with Crippen LogP contribution in [0.1, 0.15) is 25.2 Å². The van der Waals surface area contributed by atoms with Crippen LogP contribution in [0.15, 0.2) is 30.6 Å². The molecule has 2 N–H and O–H groups in total. The molecule has 0 spiro atoms. The molecule has 2 atom stereocenters. The van der Waals surface area contributed by atoms with Crippen LogP contribution in [0, 0.1) is 11.8 Å². The zero-order valence-electron chi connectivity index (χ0n) is 11.8. The average Bonchev–Trinajstić information content (AvgIpc) is 2.90. The van der Waals surface area contributed by atoms with Gasteiger partial charge in [0.1, 0.15) is 6.33 Å².